The van der Waals surface area contributed by atoms with Gasteiger partial charge in [0.15, 0.2) is 11.5 Å². The molecule has 7 heteroatoms. The van der Waals surface area contributed by atoms with Crippen molar-refractivity contribution < 1.29 is 24.5 Å². The summed E-state index contributed by atoms with van der Waals surface area (Å²) >= 11 is 6.13. The molecule has 1 fully saturated rings. The number of benzene rings is 3. The number of hydrogen-bond donors (Lipinski definition) is 2. The van der Waals surface area contributed by atoms with Gasteiger partial charge >= 0.3 is 0 Å². The first-order valence-electron chi connectivity index (χ1n) is 9.41. The smallest absolute Gasteiger partial charge is 0.300 e. The number of ketones is 1. The van der Waals surface area contributed by atoms with Gasteiger partial charge in [0.05, 0.1) is 18.7 Å². The highest BCUT2D eigenvalue weighted by atomic mass is 35.5. The molecule has 0 spiro atoms. The third-order valence-electron chi connectivity index (χ3n) is 5.10. The average molecular weight is 436 g/mol. The van der Waals surface area contributed by atoms with Crippen LogP contribution in [0.1, 0.15) is 17.2 Å². The zero-order chi connectivity index (χ0) is 22.1. The van der Waals surface area contributed by atoms with Crippen LogP contribution in [-0.2, 0) is 9.59 Å². The van der Waals surface area contributed by atoms with E-state index in [9.17, 15) is 19.8 Å². The number of amides is 1. The van der Waals surface area contributed by atoms with Crippen LogP contribution in [-0.4, -0.2) is 29.0 Å². The summed E-state index contributed by atoms with van der Waals surface area (Å²) in [5.74, 6) is -1.82. The third-order valence-corrected chi connectivity index (χ3v) is 5.33. The van der Waals surface area contributed by atoms with E-state index in [1.807, 2.05) is 0 Å². The largest absolute Gasteiger partial charge is 0.507 e. The number of Topliss-reactive ketones (excluding diaryl/α,β-unsaturated/α-hetero) is 1. The molecule has 31 heavy (non-hydrogen) atoms. The van der Waals surface area contributed by atoms with Crippen LogP contribution >= 0.6 is 11.6 Å². The van der Waals surface area contributed by atoms with Crippen molar-refractivity contribution in [3.63, 3.8) is 0 Å². The molecule has 0 radical (unpaired) electrons. The first-order valence-corrected chi connectivity index (χ1v) is 9.79. The van der Waals surface area contributed by atoms with E-state index in [1.54, 1.807) is 60.7 Å². The minimum atomic E-state index is -0.951. The zero-order valence-corrected chi connectivity index (χ0v) is 17.2. The summed E-state index contributed by atoms with van der Waals surface area (Å²) in [7, 11) is 1.40. The van der Waals surface area contributed by atoms with Gasteiger partial charge in [-0.25, -0.2) is 0 Å². The molecule has 6 nitrogen and oxygen atoms in total. The van der Waals surface area contributed by atoms with E-state index in [2.05, 4.69) is 0 Å². The van der Waals surface area contributed by atoms with E-state index >= 15 is 0 Å². The summed E-state index contributed by atoms with van der Waals surface area (Å²) in [6.45, 7) is 0. The molecule has 1 aliphatic rings. The molecule has 0 bridgehead atoms. The van der Waals surface area contributed by atoms with Crippen LogP contribution in [0, 0.1) is 0 Å². The lowest BCUT2D eigenvalue weighted by molar-refractivity contribution is -0.132. The second kappa shape index (κ2) is 8.16. The molecule has 0 aliphatic carbocycles. The number of methoxy groups -OCH3 is 1. The molecule has 1 atom stereocenters. The van der Waals surface area contributed by atoms with Crippen LogP contribution in [0.2, 0.25) is 5.02 Å². The third kappa shape index (κ3) is 3.62. The van der Waals surface area contributed by atoms with Crippen molar-refractivity contribution >= 4 is 34.7 Å². The summed E-state index contributed by atoms with van der Waals surface area (Å²) < 4.78 is 5.20. The lowest BCUT2D eigenvalue weighted by atomic mass is 9.95. The number of phenols is 1. The fourth-order valence-corrected chi connectivity index (χ4v) is 3.84. The Hall–Kier alpha value is -3.77. The fourth-order valence-electron chi connectivity index (χ4n) is 3.66. The highest BCUT2D eigenvalue weighted by Crippen LogP contribution is 2.44. The molecule has 0 aromatic heterocycles. The average Bonchev–Trinajstić information content (AvgIpc) is 3.05. The van der Waals surface area contributed by atoms with Gasteiger partial charge in [0.1, 0.15) is 5.76 Å². The SMILES string of the molecule is COc1cc([C@H]2C(=C(O)c3ccccc3)C(=O)C(=O)N2c2cccc(Cl)c2)ccc1O. The second-order valence-electron chi connectivity index (χ2n) is 6.95. The quantitative estimate of drug-likeness (QED) is 0.353. The number of hydrogen-bond acceptors (Lipinski definition) is 5. The van der Waals surface area contributed by atoms with Gasteiger partial charge in [-0.2, -0.15) is 0 Å². The minimum absolute atomic E-state index is 0.0658. The van der Waals surface area contributed by atoms with Crippen molar-refractivity contribution in [3.8, 4) is 11.5 Å². The Bertz CT molecular complexity index is 1210. The van der Waals surface area contributed by atoms with Crippen molar-refractivity contribution in [1.29, 1.82) is 0 Å². The summed E-state index contributed by atoms with van der Waals surface area (Å²) in [5, 5.41) is 21.4. The van der Waals surface area contributed by atoms with Crippen molar-refractivity contribution in [1.82, 2.24) is 0 Å². The molecule has 1 heterocycles. The molecular weight excluding hydrogens is 418 g/mol. The number of rotatable bonds is 4. The molecular formula is C24H18ClNO5. The second-order valence-corrected chi connectivity index (χ2v) is 7.38. The molecule has 3 aromatic rings. The van der Waals surface area contributed by atoms with Gasteiger partial charge in [0, 0.05) is 16.3 Å². The topological polar surface area (TPSA) is 87.1 Å². The maximum absolute atomic E-state index is 13.1. The highest BCUT2D eigenvalue weighted by molar-refractivity contribution is 6.51. The number of phenolic OH excluding ortho intramolecular Hbond substituents is 1. The van der Waals surface area contributed by atoms with E-state index in [0.29, 0.717) is 21.8 Å². The predicted molar refractivity (Wildman–Crippen MR) is 117 cm³/mol. The van der Waals surface area contributed by atoms with Gasteiger partial charge in [-0.1, -0.05) is 54.1 Å². The normalized spacial score (nSPS) is 17.7. The molecule has 1 amide bonds. The number of aliphatic hydroxyl groups is 1. The summed E-state index contributed by atoms with van der Waals surface area (Å²) in [5.41, 5.74) is 1.22. The number of aromatic hydroxyl groups is 1. The number of nitrogens with zero attached hydrogens (tertiary/aromatic N) is 1. The number of anilines is 1. The maximum atomic E-state index is 13.1. The Balaban J connectivity index is 1.98. The predicted octanol–water partition coefficient (Wildman–Crippen LogP) is 4.68. The molecule has 1 aliphatic heterocycles. The number of carbonyl (C=O) groups is 2. The Morgan fingerprint density at radius 3 is 2.42 bits per heavy atom. The molecule has 0 saturated carbocycles. The molecule has 2 N–H and O–H groups in total. The van der Waals surface area contributed by atoms with Crippen LogP contribution in [0.25, 0.3) is 5.76 Å². The molecule has 4 rings (SSSR count). The monoisotopic (exact) mass is 435 g/mol. The number of aliphatic hydroxyl groups excluding tert-OH is 1. The van der Waals surface area contributed by atoms with Gasteiger partial charge in [0.2, 0.25) is 0 Å². The first-order chi connectivity index (χ1) is 14.9. The summed E-state index contributed by atoms with van der Waals surface area (Å²) in [6.07, 6.45) is 0. The van der Waals surface area contributed by atoms with E-state index in [0.717, 1.165) is 0 Å². The van der Waals surface area contributed by atoms with Crippen molar-refractivity contribution in [2.75, 3.05) is 12.0 Å². The fraction of sp³-hybridized carbons (Fsp3) is 0.0833. The van der Waals surface area contributed by atoms with E-state index in [1.165, 1.54) is 24.1 Å². The van der Waals surface area contributed by atoms with Gasteiger partial charge in [-0.3, -0.25) is 14.5 Å². The highest BCUT2D eigenvalue weighted by Gasteiger charge is 2.47. The van der Waals surface area contributed by atoms with E-state index in [4.69, 9.17) is 16.3 Å². The van der Waals surface area contributed by atoms with Crippen LogP contribution in [0.3, 0.4) is 0 Å². The minimum Gasteiger partial charge on any atom is -0.507 e. The van der Waals surface area contributed by atoms with Crippen LogP contribution in [0.15, 0.2) is 78.4 Å². The van der Waals surface area contributed by atoms with Gasteiger partial charge < -0.3 is 14.9 Å². The van der Waals surface area contributed by atoms with Crippen molar-refractivity contribution in [3.05, 3.63) is 94.5 Å². The number of ether oxygens (including phenoxy) is 1. The zero-order valence-electron chi connectivity index (χ0n) is 16.4. The van der Waals surface area contributed by atoms with Gasteiger partial charge in [-0.05, 0) is 35.9 Å². The number of halogens is 1. The molecule has 3 aromatic carbocycles. The maximum Gasteiger partial charge on any atom is 0.300 e. The van der Waals surface area contributed by atoms with Crippen LogP contribution in [0.5, 0.6) is 11.5 Å². The van der Waals surface area contributed by atoms with E-state index < -0.39 is 17.7 Å². The van der Waals surface area contributed by atoms with Gasteiger partial charge in [0.25, 0.3) is 11.7 Å². The molecule has 156 valence electrons. The van der Waals surface area contributed by atoms with E-state index in [-0.39, 0.29) is 22.8 Å². The lowest BCUT2D eigenvalue weighted by Gasteiger charge is -2.26. The number of carbonyl (C=O) groups excluding carboxylic acids is 2. The Labute approximate surface area is 183 Å². The van der Waals surface area contributed by atoms with Crippen molar-refractivity contribution in [2.24, 2.45) is 0 Å². The molecule has 1 saturated heterocycles. The Morgan fingerprint density at radius 2 is 1.74 bits per heavy atom. The summed E-state index contributed by atoms with van der Waals surface area (Å²) in [6, 6.07) is 18.6. The standard InChI is InChI=1S/C24H18ClNO5/c1-31-19-12-15(10-11-18(19)27)21-20(22(28)14-6-3-2-4-7-14)23(29)24(30)26(21)17-9-5-8-16(25)13-17/h2-13,21,27-28H,1H3/t21-/m0/s1. The Morgan fingerprint density at radius 1 is 1.00 bits per heavy atom. The first kappa shape index (κ1) is 20.5. The van der Waals surface area contributed by atoms with Gasteiger partial charge in [-0.15, -0.1) is 0 Å². The summed E-state index contributed by atoms with van der Waals surface area (Å²) in [4.78, 5) is 27.4. The van der Waals surface area contributed by atoms with Crippen LogP contribution < -0.4 is 9.64 Å². The Kier molecular flexibility index (Phi) is 5.40. The molecule has 0 unspecified atom stereocenters. The van der Waals surface area contributed by atoms with Crippen molar-refractivity contribution in [2.45, 2.75) is 6.04 Å². The van der Waals surface area contributed by atoms with Crippen LogP contribution in [0.4, 0.5) is 5.69 Å². The lowest BCUT2D eigenvalue weighted by Crippen LogP contribution is -2.29.